The third-order valence-corrected chi connectivity index (χ3v) is 3.67. The van der Waals surface area contributed by atoms with Crippen molar-refractivity contribution in [2.24, 2.45) is 12.8 Å². The van der Waals surface area contributed by atoms with Crippen molar-refractivity contribution < 1.29 is 4.79 Å². The molecule has 0 unspecified atom stereocenters. The van der Waals surface area contributed by atoms with Gasteiger partial charge in [0.05, 0.1) is 5.56 Å². The van der Waals surface area contributed by atoms with E-state index in [1.807, 2.05) is 24.6 Å². The molecule has 3 heteroatoms. The van der Waals surface area contributed by atoms with Gasteiger partial charge in [0.25, 0.3) is 5.91 Å². The minimum absolute atomic E-state index is 0.377. The molecule has 0 fully saturated rings. The molecule has 1 amide bonds. The molecule has 0 spiro atoms. The van der Waals surface area contributed by atoms with Gasteiger partial charge >= 0.3 is 0 Å². The van der Waals surface area contributed by atoms with E-state index in [0.717, 1.165) is 17.0 Å². The molecule has 3 nitrogen and oxygen atoms in total. The number of hydrogen-bond acceptors (Lipinski definition) is 1. The fraction of sp³-hybridized carbons (Fsp3) is 0.312. The van der Waals surface area contributed by atoms with Gasteiger partial charge in [-0.05, 0) is 30.0 Å². The summed E-state index contributed by atoms with van der Waals surface area (Å²) in [5.74, 6) is 0.142. The number of aromatic nitrogens is 1. The van der Waals surface area contributed by atoms with Crippen LogP contribution in [0.5, 0.6) is 0 Å². The van der Waals surface area contributed by atoms with E-state index >= 15 is 0 Å². The summed E-state index contributed by atoms with van der Waals surface area (Å²) in [4.78, 5) is 11.4. The molecule has 0 atom stereocenters. The molecule has 2 rings (SSSR count). The van der Waals surface area contributed by atoms with Gasteiger partial charge < -0.3 is 10.3 Å². The first-order chi connectivity index (χ1) is 8.91. The molecular formula is C16H20N2O. The lowest BCUT2D eigenvalue weighted by molar-refractivity contribution is 0.0999. The van der Waals surface area contributed by atoms with Gasteiger partial charge in [0.1, 0.15) is 0 Å². The Morgan fingerprint density at radius 3 is 2.21 bits per heavy atom. The zero-order valence-electron chi connectivity index (χ0n) is 11.9. The number of hydrogen-bond donors (Lipinski definition) is 1. The topological polar surface area (TPSA) is 48.0 Å². The second kappa shape index (κ2) is 4.92. The Bertz CT molecular complexity index is 606. The molecule has 2 aromatic rings. The number of nitrogens with zero attached hydrogens (tertiary/aromatic N) is 1. The normalized spacial score (nSPS) is 11.0. The van der Waals surface area contributed by atoms with Gasteiger partial charge in [0.15, 0.2) is 0 Å². The van der Waals surface area contributed by atoms with Gasteiger partial charge in [-0.2, -0.15) is 0 Å². The maximum absolute atomic E-state index is 11.4. The van der Waals surface area contributed by atoms with Crippen LogP contribution in [0.1, 0.15) is 41.4 Å². The molecule has 0 radical (unpaired) electrons. The molecule has 0 aliphatic carbocycles. The lowest BCUT2D eigenvalue weighted by Gasteiger charge is -2.08. The van der Waals surface area contributed by atoms with E-state index in [0.29, 0.717) is 11.5 Å². The van der Waals surface area contributed by atoms with Crippen LogP contribution in [0.4, 0.5) is 0 Å². The van der Waals surface area contributed by atoms with Gasteiger partial charge in [-0.1, -0.05) is 38.1 Å². The third kappa shape index (κ3) is 2.41. The minimum atomic E-state index is -0.377. The SMILES string of the molecule is Cc1c(C(N)=O)cc(-c2ccc(C(C)C)cc2)n1C. The Hall–Kier alpha value is -2.03. The lowest BCUT2D eigenvalue weighted by atomic mass is 10.0. The molecule has 1 aromatic heterocycles. The summed E-state index contributed by atoms with van der Waals surface area (Å²) in [7, 11) is 1.95. The van der Waals surface area contributed by atoms with Crippen LogP contribution in [0.25, 0.3) is 11.3 Å². The first kappa shape index (κ1) is 13.4. The van der Waals surface area contributed by atoms with Crippen molar-refractivity contribution in [1.82, 2.24) is 4.57 Å². The van der Waals surface area contributed by atoms with Crippen molar-refractivity contribution in [3.63, 3.8) is 0 Å². The first-order valence-electron chi connectivity index (χ1n) is 6.48. The largest absolute Gasteiger partial charge is 0.366 e. The summed E-state index contributed by atoms with van der Waals surface area (Å²) in [6, 6.07) is 10.3. The van der Waals surface area contributed by atoms with Crippen LogP contribution in [0.15, 0.2) is 30.3 Å². The number of primary amides is 1. The average Bonchev–Trinajstić information content (AvgIpc) is 2.67. The molecule has 19 heavy (non-hydrogen) atoms. The standard InChI is InChI=1S/C16H20N2O/c1-10(2)12-5-7-13(8-6-12)15-9-14(16(17)19)11(3)18(15)4/h5-10H,1-4H3,(H2,17,19). The number of rotatable bonds is 3. The quantitative estimate of drug-likeness (QED) is 0.900. The Morgan fingerprint density at radius 1 is 1.21 bits per heavy atom. The number of carbonyl (C=O) groups excluding carboxylic acids is 1. The molecule has 0 aliphatic rings. The number of benzene rings is 1. The van der Waals surface area contributed by atoms with Crippen molar-refractivity contribution in [3.05, 3.63) is 47.2 Å². The molecule has 0 saturated carbocycles. The highest BCUT2D eigenvalue weighted by Crippen LogP contribution is 2.26. The maximum Gasteiger partial charge on any atom is 0.250 e. The molecule has 1 aromatic carbocycles. The highest BCUT2D eigenvalue weighted by atomic mass is 16.1. The van der Waals surface area contributed by atoms with Gasteiger partial charge in [-0.15, -0.1) is 0 Å². The second-order valence-electron chi connectivity index (χ2n) is 5.23. The van der Waals surface area contributed by atoms with E-state index in [4.69, 9.17) is 5.73 Å². The fourth-order valence-electron chi connectivity index (χ4n) is 2.26. The van der Waals surface area contributed by atoms with Crippen molar-refractivity contribution in [3.8, 4) is 11.3 Å². The highest BCUT2D eigenvalue weighted by molar-refractivity contribution is 5.95. The van der Waals surface area contributed by atoms with Crippen LogP contribution in [0.2, 0.25) is 0 Å². The summed E-state index contributed by atoms with van der Waals surface area (Å²) < 4.78 is 2.00. The van der Waals surface area contributed by atoms with Crippen LogP contribution in [0, 0.1) is 6.92 Å². The van der Waals surface area contributed by atoms with Crippen LogP contribution in [-0.4, -0.2) is 10.5 Å². The van der Waals surface area contributed by atoms with E-state index in [1.165, 1.54) is 5.56 Å². The van der Waals surface area contributed by atoms with Crippen molar-refractivity contribution in [2.75, 3.05) is 0 Å². The highest BCUT2D eigenvalue weighted by Gasteiger charge is 2.14. The van der Waals surface area contributed by atoms with Gasteiger partial charge in [0, 0.05) is 18.4 Å². The van der Waals surface area contributed by atoms with Crippen molar-refractivity contribution in [2.45, 2.75) is 26.7 Å². The molecule has 0 aliphatic heterocycles. The smallest absolute Gasteiger partial charge is 0.250 e. The maximum atomic E-state index is 11.4. The van der Waals surface area contributed by atoms with Gasteiger partial charge in [-0.25, -0.2) is 0 Å². The third-order valence-electron chi connectivity index (χ3n) is 3.67. The summed E-state index contributed by atoms with van der Waals surface area (Å²) in [6.45, 7) is 6.26. The van der Waals surface area contributed by atoms with Gasteiger partial charge in [-0.3, -0.25) is 4.79 Å². The molecule has 2 N–H and O–H groups in total. The monoisotopic (exact) mass is 256 g/mol. The van der Waals surface area contributed by atoms with E-state index < -0.39 is 0 Å². The van der Waals surface area contributed by atoms with Crippen LogP contribution in [0.3, 0.4) is 0 Å². The van der Waals surface area contributed by atoms with E-state index in [-0.39, 0.29) is 5.91 Å². The molecule has 1 heterocycles. The summed E-state index contributed by atoms with van der Waals surface area (Å²) in [5.41, 5.74) is 10.3. The zero-order valence-corrected chi connectivity index (χ0v) is 11.9. The van der Waals surface area contributed by atoms with Crippen molar-refractivity contribution in [1.29, 1.82) is 0 Å². The van der Waals surface area contributed by atoms with Crippen LogP contribution < -0.4 is 5.73 Å². The first-order valence-corrected chi connectivity index (χ1v) is 6.48. The van der Waals surface area contributed by atoms with Gasteiger partial charge in [0.2, 0.25) is 0 Å². The number of amides is 1. The Labute approximate surface area is 114 Å². The Balaban J connectivity index is 2.47. The molecular weight excluding hydrogens is 236 g/mol. The number of carbonyl (C=O) groups is 1. The number of nitrogens with two attached hydrogens (primary N) is 1. The fourth-order valence-corrected chi connectivity index (χ4v) is 2.26. The van der Waals surface area contributed by atoms with Crippen molar-refractivity contribution >= 4 is 5.91 Å². The Morgan fingerprint density at radius 2 is 1.79 bits per heavy atom. The Kier molecular flexibility index (Phi) is 3.47. The van der Waals surface area contributed by atoms with Crippen LogP contribution in [-0.2, 0) is 7.05 Å². The molecule has 0 saturated heterocycles. The van der Waals surface area contributed by atoms with Crippen LogP contribution >= 0.6 is 0 Å². The molecule has 100 valence electrons. The summed E-state index contributed by atoms with van der Waals surface area (Å²) in [6.07, 6.45) is 0. The predicted octanol–water partition coefficient (Wildman–Crippen LogP) is 3.22. The van der Waals surface area contributed by atoms with E-state index in [2.05, 4.69) is 38.1 Å². The molecule has 0 bridgehead atoms. The summed E-state index contributed by atoms with van der Waals surface area (Å²) >= 11 is 0. The van der Waals surface area contributed by atoms with E-state index in [9.17, 15) is 4.79 Å². The second-order valence-corrected chi connectivity index (χ2v) is 5.23. The average molecular weight is 256 g/mol. The summed E-state index contributed by atoms with van der Waals surface area (Å²) in [5, 5.41) is 0. The van der Waals surface area contributed by atoms with E-state index in [1.54, 1.807) is 0 Å². The zero-order chi connectivity index (χ0) is 14.2. The predicted molar refractivity (Wildman–Crippen MR) is 78.2 cm³/mol. The lowest BCUT2D eigenvalue weighted by Crippen LogP contribution is -2.11. The minimum Gasteiger partial charge on any atom is -0.366 e.